The van der Waals surface area contributed by atoms with Crippen molar-refractivity contribution in [2.24, 2.45) is 0 Å². The van der Waals surface area contributed by atoms with Crippen molar-refractivity contribution in [2.75, 3.05) is 19.7 Å². The third-order valence-corrected chi connectivity index (χ3v) is 16.3. The van der Waals surface area contributed by atoms with E-state index in [1.807, 2.05) is 18.7 Å². The second-order valence-corrected chi connectivity index (χ2v) is 25.5. The minimum absolute atomic E-state index is 0.0523. The Bertz CT molecular complexity index is 979. The molecule has 0 bridgehead atoms. The minimum Gasteiger partial charge on any atom is -0.462 e. The van der Waals surface area contributed by atoms with Gasteiger partial charge in [-0.05, 0) is 103 Å². The Kier molecular flexibility index (Phi) is 12.5. The average molecular weight is 572 g/mol. The summed E-state index contributed by atoms with van der Waals surface area (Å²) < 4.78 is 45.0. The Morgan fingerprint density at radius 1 is 0.917 bits per heavy atom. The van der Waals surface area contributed by atoms with E-state index in [2.05, 4.69) is 45.8 Å². The second kappa shape index (κ2) is 13.9. The molecule has 0 atom stereocenters. The number of allylic oxidation sites excluding steroid dienone is 2. The lowest BCUT2D eigenvalue weighted by Crippen LogP contribution is -2.52. The quantitative estimate of drug-likeness (QED) is 0.0851. The number of carbonyl (C=O) groups excluding carboxylic acids is 1. The number of hydrogen-bond donors (Lipinski definition) is 0. The van der Waals surface area contributed by atoms with Crippen LogP contribution in [0.4, 0.5) is 0 Å². The highest BCUT2D eigenvalue weighted by atomic mass is 32.2. The number of carbonyl (C=O) groups is 1. The topological polar surface area (TPSA) is 82.1 Å². The number of ether oxygens (including phenoxy) is 1. The molecule has 0 aliphatic carbocycles. The van der Waals surface area contributed by atoms with Gasteiger partial charge in [0.1, 0.15) is 0 Å². The zero-order valence-electron chi connectivity index (χ0n) is 23.5. The second-order valence-electron chi connectivity index (χ2n) is 10.7. The molecular formula is C25H45NO6SSi3. The molecule has 0 unspecified atom stereocenters. The van der Waals surface area contributed by atoms with Crippen LogP contribution in [0.1, 0.15) is 20.3 Å². The normalized spacial score (nSPS) is 13.8. The summed E-state index contributed by atoms with van der Waals surface area (Å²) in [7, 11) is -10.2. The van der Waals surface area contributed by atoms with Crippen LogP contribution in [0.3, 0.4) is 0 Å². The highest BCUT2D eigenvalue weighted by Gasteiger charge is 2.40. The molecule has 0 aliphatic rings. The van der Waals surface area contributed by atoms with Gasteiger partial charge < -0.3 is 17.9 Å². The molecule has 0 fully saturated rings. The van der Waals surface area contributed by atoms with Crippen LogP contribution in [0.2, 0.25) is 51.9 Å². The highest BCUT2D eigenvalue weighted by Crippen LogP contribution is 2.26. The smallest absolute Gasteiger partial charge is 0.350 e. The zero-order chi connectivity index (χ0) is 27.6. The maximum atomic E-state index is 13.3. The molecule has 0 N–H and O–H groups in total. The number of hydrogen-bond acceptors (Lipinski definition) is 7. The first-order chi connectivity index (χ1) is 16.5. The van der Waals surface area contributed by atoms with Gasteiger partial charge in [-0.1, -0.05) is 18.2 Å². The van der Waals surface area contributed by atoms with Crippen LogP contribution >= 0.6 is 0 Å². The molecule has 0 saturated carbocycles. The molecule has 0 spiro atoms. The van der Waals surface area contributed by atoms with Gasteiger partial charge in [-0.2, -0.15) is 0 Å². The fourth-order valence-corrected chi connectivity index (χ4v) is 17.5. The summed E-state index contributed by atoms with van der Waals surface area (Å²) in [5, 5.41) is 0. The average Bonchev–Trinajstić information content (AvgIpc) is 2.74. The van der Waals surface area contributed by atoms with E-state index in [9.17, 15) is 13.2 Å². The van der Waals surface area contributed by atoms with Crippen molar-refractivity contribution in [3.05, 3.63) is 53.6 Å². The molecule has 0 saturated heterocycles. The number of rotatable bonds is 15. The maximum absolute atomic E-state index is 13.3. The fraction of sp³-hybridized carbons (Fsp3) is 0.560. The molecule has 204 valence electrons. The monoisotopic (exact) mass is 571 g/mol. The van der Waals surface area contributed by atoms with E-state index in [1.165, 1.54) is 18.2 Å². The molecule has 1 rings (SSSR count). The lowest BCUT2D eigenvalue weighted by atomic mass is 10.4. The van der Waals surface area contributed by atoms with E-state index in [0.717, 1.165) is 13.1 Å². The van der Waals surface area contributed by atoms with Crippen molar-refractivity contribution in [3.63, 3.8) is 0 Å². The van der Waals surface area contributed by atoms with E-state index >= 15 is 0 Å². The van der Waals surface area contributed by atoms with Crippen molar-refractivity contribution in [1.82, 2.24) is 4.90 Å². The van der Waals surface area contributed by atoms with E-state index < -0.39 is 41.0 Å². The van der Waals surface area contributed by atoms with Gasteiger partial charge in [-0.15, -0.1) is 0 Å². The number of nitrogens with zero attached hydrogens (tertiary/aromatic N) is 1. The van der Waals surface area contributed by atoms with Crippen LogP contribution in [0.15, 0.2) is 58.5 Å². The van der Waals surface area contributed by atoms with Crippen molar-refractivity contribution in [2.45, 2.75) is 77.0 Å². The van der Waals surface area contributed by atoms with E-state index in [4.69, 9.17) is 13.0 Å². The first kappa shape index (κ1) is 32.5. The predicted molar refractivity (Wildman–Crippen MR) is 155 cm³/mol. The zero-order valence-corrected chi connectivity index (χ0v) is 27.3. The van der Waals surface area contributed by atoms with Crippen molar-refractivity contribution in [3.8, 4) is 0 Å². The van der Waals surface area contributed by atoms with Gasteiger partial charge in [0.15, 0.2) is 21.5 Å². The number of sulfone groups is 1. The number of esters is 1. The van der Waals surface area contributed by atoms with Crippen LogP contribution in [0.25, 0.3) is 0 Å². The molecule has 36 heavy (non-hydrogen) atoms. The Balaban J connectivity index is 3.05. The van der Waals surface area contributed by atoms with Crippen LogP contribution in [-0.2, 0) is 27.6 Å². The summed E-state index contributed by atoms with van der Waals surface area (Å²) in [6.07, 6.45) is 5.21. The van der Waals surface area contributed by atoms with Gasteiger partial charge in [0.2, 0.25) is 9.84 Å². The Morgan fingerprint density at radius 3 is 1.92 bits per heavy atom. The van der Waals surface area contributed by atoms with Crippen LogP contribution in [0.5, 0.6) is 0 Å². The van der Waals surface area contributed by atoms with Crippen LogP contribution < -0.4 is 0 Å². The van der Waals surface area contributed by atoms with E-state index in [1.54, 1.807) is 30.5 Å². The van der Waals surface area contributed by atoms with E-state index in [-0.39, 0.29) is 16.4 Å². The summed E-state index contributed by atoms with van der Waals surface area (Å²) in [6.45, 7) is 20.6. The SMILES string of the molecule is CCN(/C=C/C=C(\C(=O)OCCC[Si](C)(O[Si](C)(C)C)O[Si](C)(C)C)S(=O)(=O)c1ccccc1)CC. The minimum atomic E-state index is -4.04. The number of benzene rings is 1. The molecule has 1 aromatic rings. The molecular weight excluding hydrogens is 527 g/mol. The van der Waals surface area contributed by atoms with Crippen molar-refractivity contribution < 1.29 is 26.2 Å². The Labute approximate surface area is 222 Å². The van der Waals surface area contributed by atoms with Gasteiger partial charge in [-0.3, -0.25) is 0 Å². The van der Waals surface area contributed by atoms with Gasteiger partial charge in [0, 0.05) is 13.1 Å². The van der Waals surface area contributed by atoms with Gasteiger partial charge >= 0.3 is 14.5 Å². The maximum Gasteiger partial charge on any atom is 0.350 e. The molecule has 7 nitrogen and oxygen atoms in total. The molecule has 11 heteroatoms. The first-order valence-electron chi connectivity index (χ1n) is 12.5. The molecule has 0 radical (unpaired) electrons. The largest absolute Gasteiger partial charge is 0.462 e. The third-order valence-electron chi connectivity index (χ3n) is 4.95. The Morgan fingerprint density at radius 2 is 1.44 bits per heavy atom. The van der Waals surface area contributed by atoms with Gasteiger partial charge in [0.25, 0.3) is 0 Å². The molecule has 0 aromatic heterocycles. The highest BCUT2D eigenvalue weighted by molar-refractivity contribution is 7.96. The summed E-state index contributed by atoms with van der Waals surface area (Å²) in [5.74, 6) is -0.858. The summed E-state index contributed by atoms with van der Waals surface area (Å²) in [6, 6.07) is 8.61. The summed E-state index contributed by atoms with van der Waals surface area (Å²) >= 11 is 0. The van der Waals surface area contributed by atoms with Crippen molar-refractivity contribution >= 4 is 41.0 Å². The predicted octanol–water partition coefficient (Wildman–Crippen LogP) is 5.91. The molecule has 0 heterocycles. The lowest BCUT2D eigenvalue weighted by Gasteiger charge is -2.38. The van der Waals surface area contributed by atoms with E-state index in [0.29, 0.717) is 12.5 Å². The standard InChI is InChI=1S/C25H45NO6SSi3/c1-10-26(11-2)20-15-19-24(33(28,29)23-17-13-12-14-18-23)25(27)30-21-16-22-36(9,31-34(3,4)5)32-35(6,7)8/h12-15,17-20H,10-11,16,21-22H2,1-9H3/b20-15+,24-19+. The van der Waals surface area contributed by atoms with Gasteiger partial charge in [0.05, 0.1) is 11.5 Å². The fourth-order valence-electron chi connectivity index (χ4n) is 3.73. The lowest BCUT2D eigenvalue weighted by molar-refractivity contribution is -0.138. The van der Waals surface area contributed by atoms with Gasteiger partial charge in [-0.25, -0.2) is 13.2 Å². The molecule has 0 aliphatic heterocycles. The molecule has 1 aromatic carbocycles. The van der Waals surface area contributed by atoms with Crippen LogP contribution in [-0.4, -0.2) is 64.2 Å². The van der Waals surface area contributed by atoms with Crippen LogP contribution in [0, 0.1) is 0 Å². The first-order valence-corrected chi connectivity index (χ1v) is 23.4. The Hall–Kier alpha value is -1.51. The summed E-state index contributed by atoms with van der Waals surface area (Å²) in [4.78, 5) is 14.7. The third kappa shape index (κ3) is 11.7. The van der Waals surface area contributed by atoms with Crippen molar-refractivity contribution in [1.29, 1.82) is 0 Å². The molecule has 0 amide bonds. The summed E-state index contributed by atoms with van der Waals surface area (Å²) in [5.41, 5.74) is 0.